The van der Waals surface area contributed by atoms with Gasteiger partial charge in [0.15, 0.2) is 5.11 Å². The highest BCUT2D eigenvalue weighted by Crippen LogP contribution is 2.35. The van der Waals surface area contributed by atoms with Crippen molar-refractivity contribution in [1.29, 1.82) is 0 Å². The van der Waals surface area contributed by atoms with E-state index >= 15 is 0 Å². The Morgan fingerprint density at radius 3 is 2.62 bits per heavy atom. The fourth-order valence-corrected chi connectivity index (χ4v) is 3.24. The van der Waals surface area contributed by atoms with Crippen LogP contribution in [0.4, 0.5) is 13.2 Å². The molecule has 3 rings (SSSR count). The maximum absolute atomic E-state index is 13.0. The van der Waals surface area contributed by atoms with Gasteiger partial charge in [-0.25, -0.2) is 4.79 Å². The van der Waals surface area contributed by atoms with Crippen molar-refractivity contribution in [2.45, 2.75) is 39.1 Å². The van der Waals surface area contributed by atoms with Crippen molar-refractivity contribution in [3.05, 3.63) is 59.0 Å². The molecular weight excluding hydrogens is 405 g/mol. The number of hydrogen-bond acceptors (Lipinski definition) is 4. The second kappa shape index (κ2) is 7.90. The highest BCUT2D eigenvalue weighted by Gasteiger charge is 2.34. The molecule has 0 radical (unpaired) electrons. The van der Waals surface area contributed by atoms with Crippen LogP contribution in [0.1, 0.15) is 38.1 Å². The Hall–Kier alpha value is -2.81. The summed E-state index contributed by atoms with van der Waals surface area (Å²) in [4.78, 5) is 12.6. The smallest absolute Gasteiger partial charge is 0.416 e. The maximum atomic E-state index is 13.0. The number of ether oxygens (including phenoxy) is 1. The molecule has 0 fully saturated rings. The first-order valence-corrected chi connectivity index (χ1v) is 9.23. The predicted octanol–water partition coefficient (Wildman–Crippen LogP) is 4.71. The second-order valence-electron chi connectivity index (χ2n) is 6.80. The van der Waals surface area contributed by atoms with Gasteiger partial charge in [0.2, 0.25) is 0 Å². The van der Waals surface area contributed by atoms with Crippen molar-refractivity contribution in [3.8, 4) is 11.3 Å². The Morgan fingerprint density at radius 1 is 1.24 bits per heavy atom. The third-order valence-corrected chi connectivity index (χ3v) is 4.44. The van der Waals surface area contributed by atoms with E-state index in [0.29, 0.717) is 16.6 Å². The molecule has 0 amide bonds. The zero-order valence-electron chi connectivity index (χ0n) is 15.9. The molecule has 2 heterocycles. The molecule has 2 aromatic rings. The van der Waals surface area contributed by atoms with Crippen LogP contribution in [0.25, 0.3) is 11.3 Å². The zero-order valence-corrected chi connectivity index (χ0v) is 16.7. The molecule has 9 heteroatoms. The number of thiocarbonyl (C=S) groups is 1. The van der Waals surface area contributed by atoms with Gasteiger partial charge in [0.05, 0.1) is 17.2 Å². The van der Waals surface area contributed by atoms with Gasteiger partial charge in [0, 0.05) is 11.3 Å². The lowest BCUT2D eigenvalue weighted by Crippen LogP contribution is -2.45. The summed E-state index contributed by atoms with van der Waals surface area (Å²) in [6, 6.07) is 7.26. The average molecular weight is 424 g/mol. The number of furan rings is 1. The Bertz CT molecular complexity index is 979. The SMILES string of the molecule is CC1=C(C(=O)OC(C)C)[C@H](c2ccc(-c3cccc(C(F)(F)F)c3)o2)NC(=S)N1. The van der Waals surface area contributed by atoms with Crippen molar-refractivity contribution >= 4 is 23.3 Å². The molecular formula is C20H19F3N2O3S. The van der Waals surface area contributed by atoms with Gasteiger partial charge < -0.3 is 19.8 Å². The van der Waals surface area contributed by atoms with E-state index in [1.807, 2.05) is 0 Å². The first-order chi connectivity index (χ1) is 13.6. The summed E-state index contributed by atoms with van der Waals surface area (Å²) in [6.45, 7) is 5.15. The summed E-state index contributed by atoms with van der Waals surface area (Å²) in [5.74, 6) is 0.0323. The van der Waals surface area contributed by atoms with Gasteiger partial charge in [-0.05, 0) is 57.3 Å². The van der Waals surface area contributed by atoms with Crippen molar-refractivity contribution in [2.75, 3.05) is 0 Å². The minimum Gasteiger partial charge on any atom is -0.459 e. The van der Waals surface area contributed by atoms with Gasteiger partial charge in [0.1, 0.15) is 17.6 Å². The summed E-state index contributed by atoms with van der Waals surface area (Å²) < 4.78 is 50.1. The minimum atomic E-state index is -4.46. The third-order valence-electron chi connectivity index (χ3n) is 4.22. The lowest BCUT2D eigenvalue weighted by Gasteiger charge is -2.28. The van der Waals surface area contributed by atoms with Gasteiger partial charge in [-0.15, -0.1) is 0 Å². The lowest BCUT2D eigenvalue weighted by molar-refractivity contribution is -0.143. The van der Waals surface area contributed by atoms with Crippen LogP contribution >= 0.6 is 12.2 Å². The number of nitrogens with one attached hydrogen (secondary N) is 2. The van der Waals surface area contributed by atoms with Crippen LogP contribution in [0, 0.1) is 0 Å². The number of esters is 1. The number of carbonyl (C=O) groups excluding carboxylic acids is 1. The molecule has 1 atom stereocenters. The number of benzene rings is 1. The van der Waals surface area contributed by atoms with E-state index in [9.17, 15) is 18.0 Å². The number of hydrogen-bond donors (Lipinski definition) is 2. The van der Waals surface area contributed by atoms with Gasteiger partial charge >= 0.3 is 12.1 Å². The Balaban J connectivity index is 1.97. The Labute approximate surface area is 170 Å². The van der Waals surface area contributed by atoms with Crippen LogP contribution in [0.5, 0.6) is 0 Å². The molecule has 154 valence electrons. The molecule has 0 aliphatic carbocycles. The van der Waals surface area contributed by atoms with E-state index in [1.165, 1.54) is 12.1 Å². The van der Waals surface area contributed by atoms with Crippen LogP contribution in [-0.2, 0) is 15.7 Å². The van der Waals surface area contributed by atoms with E-state index in [1.54, 1.807) is 32.9 Å². The summed E-state index contributed by atoms with van der Waals surface area (Å²) in [5, 5.41) is 6.13. The minimum absolute atomic E-state index is 0.242. The topological polar surface area (TPSA) is 63.5 Å². The quantitative estimate of drug-likeness (QED) is 0.548. The Kier molecular flexibility index (Phi) is 5.70. The Morgan fingerprint density at radius 2 is 1.97 bits per heavy atom. The van der Waals surface area contributed by atoms with E-state index < -0.39 is 23.8 Å². The summed E-state index contributed by atoms with van der Waals surface area (Å²) in [6.07, 6.45) is -4.78. The molecule has 0 unspecified atom stereocenters. The van der Waals surface area contributed by atoms with Gasteiger partial charge in [-0.2, -0.15) is 13.2 Å². The highest BCUT2D eigenvalue weighted by molar-refractivity contribution is 7.80. The van der Waals surface area contributed by atoms with Crippen molar-refractivity contribution in [2.24, 2.45) is 0 Å². The number of carbonyl (C=O) groups is 1. The number of alkyl halides is 3. The largest absolute Gasteiger partial charge is 0.459 e. The maximum Gasteiger partial charge on any atom is 0.416 e. The van der Waals surface area contributed by atoms with Gasteiger partial charge in [-0.1, -0.05) is 12.1 Å². The van der Waals surface area contributed by atoms with Gasteiger partial charge in [0.25, 0.3) is 0 Å². The van der Waals surface area contributed by atoms with Crippen LogP contribution in [0.2, 0.25) is 0 Å². The van der Waals surface area contributed by atoms with E-state index in [-0.39, 0.29) is 23.0 Å². The fraction of sp³-hybridized carbons (Fsp3) is 0.300. The van der Waals surface area contributed by atoms with Crippen molar-refractivity contribution in [3.63, 3.8) is 0 Å². The van der Waals surface area contributed by atoms with Crippen LogP contribution in [0.3, 0.4) is 0 Å². The average Bonchev–Trinajstić information content (AvgIpc) is 3.09. The second-order valence-corrected chi connectivity index (χ2v) is 7.21. The summed E-state index contributed by atoms with van der Waals surface area (Å²) >= 11 is 5.17. The lowest BCUT2D eigenvalue weighted by atomic mass is 10.0. The predicted molar refractivity (Wildman–Crippen MR) is 105 cm³/mol. The van der Waals surface area contributed by atoms with E-state index in [2.05, 4.69) is 10.6 Å². The molecule has 5 nitrogen and oxygen atoms in total. The van der Waals surface area contributed by atoms with Crippen LogP contribution in [0.15, 0.2) is 52.1 Å². The fourth-order valence-electron chi connectivity index (χ4n) is 2.97. The standard InChI is InChI=1S/C20H19F3N2O3S/c1-10(2)27-18(26)16-11(3)24-19(29)25-17(16)15-8-7-14(28-15)12-5-4-6-13(9-12)20(21,22)23/h4-10,17H,1-3H3,(H2,24,25,29)/t17-/m0/s1. The summed E-state index contributed by atoms with van der Waals surface area (Å²) in [7, 11) is 0. The molecule has 2 N–H and O–H groups in total. The molecule has 0 saturated heterocycles. The molecule has 29 heavy (non-hydrogen) atoms. The van der Waals surface area contributed by atoms with Crippen LogP contribution in [-0.4, -0.2) is 17.2 Å². The number of allylic oxidation sites excluding steroid dienone is 1. The molecule has 0 spiro atoms. The zero-order chi connectivity index (χ0) is 21.3. The number of halogens is 3. The third kappa shape index (κ3) is 4.61. The molecule has 1 aliphatic rings. The van der Waals surface area contributed by atoms with Crippen molar-refractivity contribution < 1.29 is 27.1 Å². The summed E-state index contributed by atoms with van der Waals surface area (Å²) in [5.41, 5.74) is 0.305. The first kappa shape index (κ1) is 20.9. The number of rotatable bonds is 4. The van der Waals surface area contributed by atoms with Crippen LogP contribution < -0.4 is 10.6 Å². The molecule has 0 bridgehead atoms. The van der Waals surface area contributed by atoms with Crippen molar-refractivity contribution in [1.82, 2.24) is 10.6 Å². The molecule has 0 saturated carbocycles. The molecule has 1 aliphatic heterocycles. The molecule has 1 aromatic carbocycles. The van der Waals surface area contributed by atoms with Gasteiger partial charge in [-0.3, -0.25) is 0 Å². The highest BCUT2D eigenvalue weighted by atomic mass is 32.1. The molecule has 1 aromatic heterocycles. The normalized spacial score (nSPS) is 17.2. The van der Waals surface area contributed by atoms with E-state index in [4.69, 9.17) is 21.4 Å². The van der Waals surface area contributed by atoms with E-state index in [0.717, 1.165) is 12.1 Å². The first-order valence-electron chi connectivity index (χ1n) is 8.83. The monoisotopic (exact) mass is 424 g/mol.